The molecule has 0 unspecified atom stereocenters. The lowest BCUT2D eigenvalue weighted by molar-refractivity contribution is 0.275. The van der Waals surface area contributed by atoms with Crippen molar-refractivity contribution in [3.05, 3.63) is 47.5 Å². The van der Waals surface area contributed by atoms with Crippen molar-refractivity contribution >= 4 is 0 Å². The van der Waals surface area contributed by atoms with Crippen LogP contribution in [0.2, 0.25) is 0 Å². The molecule has 0 aliphatic heterocycles. The van der Waals surface area contributed by atoms with Crippen molar-refractivity contribution in [1.82, 2.24) is 0 Å². The molecule has 2 aliphatic carbocycles. The summed E-state index contributed by atoms with van der Waals surface area (Å²) in [6, 6.07) is 2.13. The fourth-order valence-electron chi connectivity index (χ4n) is 2.99. The normalized spacial score (nSPS) is 32.6. The van der Waals surface area contributed by atoms with Crippen LogP contribution in [0.25, 0.3) is 0 Å². The summed E-state index contributed by atoms with van der Waals surface area (Å²) < 4.78 is 5.60. The monoisotopic (exact) mass is 214 g/mol. The average molecular weight is 214 g/mol. The van der Waals surface area contributed by atoms with E-state index in [1.165, 1.54) is 23.3 Å². The van der Waals surface area contributed by atoms with Gasteiger partial charge in [0.25, 0.3) is 0 Å². The van der Waals surface area contributed by atoms with Gasteiger partial charge < -0.3 is 4.42 Å². The summed E-state index contributed by atoms with van der Waals surface area (Å²) in [5.74, 6) is 1.81. The Bertz CT molecular complexity index is 464. The average Bonchev–Trinajstić information content (AvgIpc) is 2.65. The van der Waals surface area contributed by atoms with Gasteiger partial charge in [-0.25, -0.2) is 0 Å². The third-order valence-corrected chi connectivity index (χ3v) is 4.54. The minimum absolute atomic E-state index is 0.330. The molecule has 1 heteroatoms. The van der Waals surface area contributed by atoms with Crippen molar-refractivity contribution in [2.75, 3.05) is 0 Å². The first-order valence-corrected chi connectivity index (χ1v) is 6.13. The summed E-state index contributed by atoms with van der Waals surface area (Å²) >= 11 is 0. The summed E-state index contributed by atoms with van der Waals surface area (Å²) in [6.45, 7) is 4.73. The van der Waals surface area contributed by atoms with Crippen LogP contribution in [0.4, 0.5) is 0 Å². The number of aryl methyl sites for hydroxylation is 1. The maximum atomic E-state index is 5.60. The summed E-state index contributed by atoms with van der Waals surface area (Å²) in [4.78, 5) is 0. The summed E-state index contributed by atoms with van der Waals surface area (Å²) in [7, 11) is 0. The van der Waals surface area contributed by atoms with Crippen LogP contribution in [-0.4, -0.2) is 0 Å². The molecule has 1 aromatic heterocycles. The molecule has 0 radical (unpaired) electrons. The molecule has 1 nitrogen and oxygen atoms in total. The van der Waals surface area contributed by atoms with Gasteiger partial charge in [0.05, 0.1) is 6.26 Å². The van der Waals surface area contributed by atoms with E-state index in [0.29, 0.717) is 11.3 Å². The van der Waals surface area contributed by atoms with E-state index in [0.717, 1.165) is 12.8 Å². The van der Waals surface area contributed by atoms with Gasteiger partial charge in [-0.3, -0.25) is 0 Å². The first-order chi connectivity index (χ1) is 7.70. The van der Waals surface area contributed by atoms with Crippen molar-refractivity contribution in [3.8, 4) is 0 Å². The van der Waals surface area contributed by atoms with E-state index in [1.54, 1.807) is 0 Å². The second-order valence-corrected chi connectivity index (χ2v) is 5.33. The van der Waals surface area contributed by atoms with Gasteiger partial charge in [-0.05, 0) is 35.8 Å². The van der Waals surface area contributed by atoms with E-state index in [4.69, 9.17) is 4.42 Å². The molecule has 16 heavy (non-hydrogen) atoms. The predicted molar refractivity (Wildman–Crippen MR) is 65.2 cm³/mol. The quantitative estimate of drug-likeness (QED) is 0.638. The van der Waals surface area contributed by atoms with Crippen LogP contribution in [0, 0.1) is 11.3 Å². The molecule has 1 heterocycles. The van der Waals surface area contributed by atoms with Crippen molar-refractivity contribution < 1.29 is 4.42 Å². The van der Waals surface area contributed by atoms with Crippen LogP contribution in [-0.2, 0) is 12.8 Å². The van der Waals surface area contributed by atoms with Crippen molar-refractivity contribution in [3.63, 3.8) is 0 Å². The fraction of sp³-hybridized carbons (Fsp3) is 0.467. The zero-order chi connectivity index (χ0) is 11.2. The summed E-state index contributed by atoms with van der Waals surface area (Å²) in [6.07, 6.45) is 12.0. The largest absolute Gasteiger partial charge is 0.469 e. The lowest BCUT2D eigenvalue weighted by Gasteiger charge is -2.37. The minimum Gasteiger partial charge on any atom is -0.469 e. The van der Waals surface area contributed by atoms with Crippen LogP contribution < -0.4 is 0 Å². The molecule has 0 fully saturated rings. The van der Waals surface area contributed by atoms with Gasteiger partial charge >= 0.3 is 0 Å². The number of hydrogen-bond acceptors (Lipinski definition) is 1. The first-order valence-electron chi connectivity index (χ1n) is 6.13. The van der Waals surface area contributed by atoms with Crippen molar-refractivity contribution in [1.29, 1.82) is 0 Å². The first kappa shape index (κ1) is 9.95. The third-order valence-electron chi connectivity index (χ3n) is 4.54. The number of rotatable bonds is 0. The number of fused-ring (bicyclic) bond motifs is 2. The Morgan fingerprint density at radius 3 is 3.19 bits per heavy atom. The Kier molecular flexibility index (Phi) is 2.10. The molecular weight excluding hydrogens is 196 g/mol. The smallest absolute Gasteiger partial charge is 0.111 e. The molecule has 1 aromatic rings. The van der Waals surface area contributed by atoms with E-state index in [-0.39, 0.29) is 0 Å². The predicted octanol–water partition coefficient (Wildman–Crippen LogP) is 3.91. The van der Waals surface area contributed by atoms with E-state index in [2.05, 4.69) is 38.1 Å². The molecular formula is C15H18O. The zero-order valence-corrected chi connectivity index (χ0v) is 9.99. The standard InChI is InChI=1S/C15H18O/c1-11-4-3-5-13-10-14-12(7-9-16-14)6-8-15(11,13)2/h3-5,7,9,11H,6,8,10H2,1-2H3/t11-,15-/m1/s1. The third kappa shape index (κ3) is 1.31. The van der Waals surface area contributed by atoms with Crippen LogP contribution in [0.5, 0.6) is 0 Å². The minimum atomic E-state index is 0.330. The molecule has 0 saturated heterocycles. The highest BCUT2D eigenvalue weighted by molar-refractivity contribution is 5.35. The van der Waals surface area contributed by atoms with Crippen LogP contribution in [0.1, 0.15) is 31.6 Å². The fourth-order valence-corrected chi connectivity index (χ4v) is 2.99. The second kappa shape index (κ2) is 3.38. The van der Waals surface area contributed by atoms with Crippen LogP contribution in [0.3, 0.4) is 0 Å². The Morgan fingerprint density at radius 1 is 1.44 bits per heavy atom. The van der Waals surface area contributed by atoms with E-state index >= 15 is 0 Å². The highest BCUT2D eigenvalue weighted by Crippen LogP contribution is 2.46. The van der Waals surface area contributed by atoms with Crippen LogP contribution >= 0.6 is 0 Å². The molecule has 0 spiro atoms. The van der Waals surface area contributed by atoms with E-state index in [1.807, 2.05) is 6.26 Å². The van der Waals surface area contributed by atoms with Gasteiger partial charge in [-0.1, -0.05) is 37.6 Å². The van der Waals surface area contributed by atoms with Gasteiger partial charge in [0.15, 0.2) is 0 Å². The SMILES string of the molecule is C[C@@H]1C=CC=C2Cc3occc3CC[C@@]21C. The molecule has 0 N–H and O–H groups in total. The molecule has 0 amide bonds. The lowest BCUT2D eigenvalue weighted by Crippen LogP contribution is -2.28. The van der Waals surface area contributed by atoms with Crippen molar-refractivity contribution in [2.24, 2.45) is 11.3 Å². The number of allylic oxidation sites excluding steroid dienone is 4. The number of hydrogen-bond donors (Lipinski definition) is 0. The van der Waals surface area contributed by atoms with Gasteiger partial charge in [0, 0.05) is 6.42 Å². The Hall–Kier alpha value is -1.24. The van der Waals surface area contributed by atoms with Gasteiger partial charge in [0.2, 0.25) is 0 Å². The maximum absolute atomic E-state index is 5.60. The van der Waals surface area contributed by atoms with Crippen molar-refractivity contribution in [2.45, 2.75) is 33.1 Å². The lowest BCUT2D eigenvalue weighted by atomic mass is 9.67. The zero-order valence-electron chi connectivity index (χ0n) is 9.99. The molecule has 0 bridgehead atoms. The van der Waals surface area contributed by atoms with Gasteiger partial charge in [0.1, 0.15) is 5.76 Å². The topological polar surface area (TPSA) is 13.1 Å². The van der Waals surface area contributed by atoms with E-state index < -0.39 is 0 Å². The molecule has 2 aliphatic rings. The Morgan fingerprint density at radius 2 is 2.31 bits per heavy atom. The Labute approximate surface area is 96.8 Å². The second-order valence-electron chi connectivity index (χ2n) is 5.33. The summed E-state index contributed by atoms with van der Waals surface area (Å²) in [5.41, 5.74) is 3.27. The van der Waals surface area contributed by atoms with Gasteiger partial charge in [-0.15, -0.1) is 0 Å². The molecule has 3 rings (SSSR count). The van der Waals surface area contributed by atoms with Gasteiger partial charge in [-0.2, -0.15) is 0 Å². The summed E-state index contributed by atoms with van der Waals surface area (Å²) in [5, 5.41) is 0. The highest BCUT2D eigenvalue weighted by Gasteiger charge is 2.37. The molecule has 84 valence electrons. The Balaban J connectivity index is 2.04. The van der Waals surface area contributed by atoms with E-state index in [9.17, 15) is 0 Å². The molecule has 2 atom stereocenters. The number of furan rings is 1. The molecule has 0 saturated carbocycles. The van der Waals surface area contributed by atoms with Crippen LogP contribution in [0.15, 0.2) is 40.5 Å². The highest BCUT2D eigenvalue weighted by atomic mass is 16.3. The molecule has 0 aromatic carbocycles. The maximum Gasteiger partial charge on any atom is 0.111 e.